The zero-order valence-electron chi connectivity index (χ0n) is 20.8. The summed E-state index contributed by atoms with van der Waals surface area (Å²) in [4.78, 5) is 32.0. The van der Waals surface area contributed by atoms with Crippen molar-refractivity contribution in [1.29, 1.82) is 0 Å². The van der Waals surface area contributed by atoms with Gasteiger partial charge in [0.25, 0.3) is 0 Å². The summed E-state index contributed by atoms with van der Waals surface area (Å²) in [5, 5.41) is 2.92. The summed E-state index contributed by atoms with van der Waals surface area (Å²) >= 11 is 0. The molecule has 34 heavy (non-hydrogen) atoms. The number of imidazole rings is 1. The summed E-state index contributed by atoms with van der Waals surface area (Å²) in [5.74, 6) is 1.08. The third-order valence-electron chi connectivity index (χ3n) is 5.50. The first-order valence-corrected chi connectivity index (χ1v) is 11.6. The Morgan fingerprint density at radius 2 is 1.68 bits per heavy atom. The number of benzene rings is 2. The lowest BCUT2D eigenvalue weighted by Crippen LogP contribution is -2.43. The fourth-order valence-corrected chi connectivity index (χ4v) is 3.62. The van der Waals surface area contributed by atoms with Crippen LogP contribution in [0.5, 0.6) is 5.75 Å². The van der Waals surface area contributed by atoms with Crippen molar-refractivity contribution in [3.8, 4) is 22.7 Å². The average Bonchev–Trinajstić information content (AvgIpc) is 3.20. The van der Waals surface area contributed by atoms with Crippen molar-refractivity contribution in [2.45, 2.75) is 47.1 Å². The van der Waals surface area contributed by atoms with Crippen LogP contribution in [0.25, 0.3) is 16.9 Å². The Hall–Kier alpha value is -3.61. The molecule has 3 rings (SSSR count). The Bertz CT molecular complexity index is 1120. The summed E-state index contributed by atoms with van der Waals surface area (Å²) in [6, 6.07) is 15.5. The first-order chi connectivity index (χ1) is 16.2. The van der Waals surface area contributed by atoms with E-state index in [-0.39, 0.29) is 30.3 Å². The number of aromatic nitrogens is 2. The lowest BCUT2D eigenvalue weighted by atomic mass is 10.1. The van der Waals surface area contributed by atoms with Gasteiger partial charge in [0, 0.05) is 29.9 Å². The van der Waals surface area contributed by atoms with Crippen LogP contribution in [0.1, 0.15) is 39.7 Å². The number of carbonyl (C=O) groups excluding carboxylic acids is 2. The number of ether oxygens (including phenoxy) is 1. The molecule has 0 radical (unpaired) electrons. The highest BCUT2D eigenvalue weighted by atomic mass is 16.5. The lowest BCUT2D eigenvalue weighted by molar-refractivity contribution is -0.137. The van der Waals surface area contributed by atoms with E-state index in [4.69, 9.17) is 9.72 Å². The average molecular weight is 463 g/mol. The van der Waals surface area contributed by atoms with E-state index >= 15 is 0 Å². The van der Waals surface area contributed by atoms with Gasteiger partial charge < -0.3 is 9.64 Å². The number of amides is 2. The third-order valence-corrected chi connectivity index (χ3v) is 5.50. The van der Waals surface area contributed by atoms with Crippen molar-refractivity contribution >= 4 is 17.8 Å². The molecule has 2 amide bonds. The van der Waals surface area contributed by atoms with Gasteiger partial charge in [-0.2, -0.15) is 0 Å². The van der Waals surface area contributed by atoms with E-state index in [0.717, 1.165) is 28.3 Å². The molecule has 0 aliphatic carbocycles. The van der Waals surface area contributed by atoms with Gasteiger partial charge in [-0.05, 0) is 63.1 Å². The van der Waals surface area contributed by atoms with Crippen LogP contribution in [-0.4, -0.2) is 46.0 Å². The maximum atomic E-state index is 13.0. The second-order valence-corrected chi connectivity index (χ2v) is 9.15. The van der Waals surface area contributed by atoms with E-state index in [1.54, 1.807) is 12.0 Å². The molecular weight excluding hydrogens is 428 g/mol. The van der Waals surface area contributed by atoms with E-state index in [1.165, 1.54) is 0 Å². The minimum atomic E-state index is -0.286. The van der Waals surface area contributed by atoms with E-state index in [2.05, 4.69) is 5.32 Å². The van der Waals surface area contributed by atoms with Crippen LogP contribution in [-0.2, 0) is 9.59 Å². The smallest absolute Gasteiger partial charge is 0.246 e. The van der Waals surface area contributed by atoms with Crippen molar-refractivity contribution in [2.24, 2.45) is 5.92 Å². The van der Waals surface area contributed by atoms with Gasteiger partial charge in [0.2, 0.25) is 17.8 Å². The monoisotopic (exact) mass is 462 g/mol. The number of hydrogen-bond donors (Lipinski definition) is 1. The standard InChI is InChI=1S/C27H34N4O3/c1-18(2)15-26(33)30(19(3)4)17-25(32)29-27-28-24(21-9-13-23(34-6)14-10-21)16-31(27)22-11-7-20(5)8-12-22/h7-14,16,18-19H,15,17H2,1-6H3,(H,28,29,32). The molecule has 0 saturated carbocycles. The van der Waals surface area contributed by atoms with Gasteiger partial charge >= 0.3 is 0 Å². The summed E-state index contributed by atoms with van der Waals surface area (Å²) in [6.07, 6.45) is 2.30. The maximum Gasteiger partial charge on any atom is 0.246 e. The van der Waals surface area contributed by atoms with Crippen LogP contribution in [0.4, 0.5) is 5.95 Å². The number of nitrogens with zero attached hydrogens (tertiary/aromatic N) is 3. The van der Waals surface area contributed by atoms with Gasteiger partial charge in [0.15, 0.2) is 0 Å². The minimum absolute atomic E-state index is 0.0259. The Morgan fingerprint density at radius 1 is 1.03 bits per heavy atom. The second-order valence-electron chi connectivity index (χ2n) is 9.15. The molecule has 1 aromatic heterocycles. The molecule has 2 aromatic carbocycles. The topological polar surface area (TPSA) is 76.5 Å². The third kappa shape index (κ3) is 6.25. The molecule has 7 heteroatoms. The molecule has 0 aliphatic heterocycles. The summed E-state index contributed by atoms with van der Waals surface area (Å²) in [7, 11) is 1.63. The van der Waals surface area contributed by atoms with E-state index in [0.29, 0.717) is 12.4 Å². The van der Waals surface area contributed by atoms with Gasteiger partial charge in [-0.3, -0.25) is 19.5 Å². The Morgan fingerprint density at radius 3 is 2.24 bits per heavy atom. The molecule has 0 aliphatic rings. The van der Waals surface area contributed by atoms with Crippen molar-refractivity contribution in [1.82, 2.24) is 14.5 Å². The Labute approximate surface area is 201 Å². The fraction of sp³-hybridized carbons (Fsp3) is 0.370. The van der Waals surface area contributed by atoms with Crippen LogP contribution in [0.3, 0.4) is 0 Å². The van der Waals surface area contributed by atoms with Gasteiger partial charge in [-0.15, -0.1) is 0 Å². The minimum Gasteiger partial charge on any atom is -0.497 e. The van der Waals surface area contributed by atoms with E-state index in [1.807, 2.05) is 93.9 Å². The fourth-order valence-electron chi connectivity index (χ4n) is 3.62. The van der Waals surface area contributed by atoms with Crippen molar-refractivity contribution in [3.63, 3.8) is 0 Å². The maximum absolute atomic E-state index is 13.0. The summed E-state index contributed by atoms with van der Waals surface area (Å²) in [5.41, 5.74) is 3.64. The normalized spacial score (nSPS) is 11.1. The van der Waals surface area contributed by atoms with Crippen LogP contribution in [0.2, 0.25) is 0 Å². The molecule has 0 atom stereocenters. The van der Waals surface area contributed by atoms with Crippen molar-refractivity contribution in [3.05, 3.63) is 60.3 Å². The second kappa shape index (κ2) is 11.0. The summed E-state index contributed by atoms with van der Waals surface area (Å²) in [6.45, 7) is 9.83. The van der Waals surface area contributed by atoms with Gasteiger partial charge in [0.05, 0.1) is 12.8 Å². The van der Waals surface area contributed by atoms with Gasteiger partial charge in [-0.25, -0.2) is 4.98 Å². The Kier molecular flexibility index (Phi) is 8.10. The van der Waals surface area contributed by atoms with Crippen LogP contribution >= 0.6 is 0 Å². The zero-order chi connectivity index (χ0) is 24.8. The highest BCUT2D eigenvalue weighted by Crippen LogP contribution is 2.26. The van der Waals surface area contributed by atoms with E-state index in [9.17, 15) is 9.59 Å². The molecule has 180 valence electrons. The number of carbonyl (C=O) groups is 2. The number of rotatable bonds is 9. The van der Waals surface area contributed by atoms with Gasteiger partial charge in [-0.1, -0.05) is 31.5 Å². The number of hydrogen-bond acceptors (Lipinski definition) is 4. The van der Waals surface area contributed by atoms with E-state index < -0.39 is 0 Å². The first-order valence-electron chi connectivity index (χ1n) is 11.6. The quantitative estimate of drug-likeness (QED) is 0.481. The highest BCUT2D eigenvalue weighted by Gasteiger charge is 2.22. The molecule has 1 N–H and O–H groups in total. The van der Waals surface area contributed by atoms with Crippen molar-refractivity contribution < 1.29 is 14.3 Å². The lowest BCUT2D eigenvalue weighted by Gasteiger charge is -2.27. The number of aryl methyl sites for hydroxylation is 1. The molecular formula is C27H34N4O3. The predicted octanol–water partition coefficient (Wildman–Crippen LogP) is 5.08. The molecule has 0 spiro atoms. The molecule has 0 fully saturated rings. The SMILES string of the molecule is COc1ccc(-c2cn(-c3ccc(C)cc3)c(NC(=O)CN(C(=O)CC(C)C)C(C)C)n2)cc1. The number of methoxy groups -OCH3 is 1. The molecule has 0 unspecified atom stereocenters. The number of nitrogens with one attached hydrogen (secondary N) is 1. The zero-order valence-corrected chi connectivity index (χ0v) is 20.8. The van der Waals surface area contributed by atoms with Crippen LogP contribution < -0.4 is 10.1 Å². The first kappa shape index (κ1) is 25.0. The molecule has 0 bridgehead atoms. The predicted molar refractivity (Wildman–Crippen MR) is 135 cm³/mol. The van der Waals surface area contributed by atoms with Crippen molar-refractivity contribution in [2.75, 3.05) is 19.0 Å². The Balaban J connectivity index is 1.90. The largest absolute Gasteiger partial charge is 0.497 e. The molecule has 1 heterocycles. The molecule has 7 nitrogen and oxygen atoms in total. The van der Waals surface area contributed by atoms with Crippen LogP contribution in [0, 0.1) is 12.8 Å². The summed E-state index contributed by atoms with van der Waals surface area (Å²) < 4.78 is 7.11. The van der Waals surface area contributed by atoms with Gasteiger partial charge in [0.1, 0.15) is 12.3 Å². The number of anilines is 1. The molecule has 0 saturated heterocycles. The highest BCUT2D eigenvalue weighted by molar-refractivity contribution is 5.94. The van der Waals surface area contributed by atoms with Crippen LogP contribution in [0.15, 0.2) is 54.7 Å². The molecule has 3 aromatic rings.